The van der Waals surface area contributed by atoms with E-state index in [-0.39, 0.29) is 34.6 Å². The Bertz CT molecular complexity index is 1150. The zero-order chi connectivity index (χ0) is 30.3. The van der Waals surface area contributed by atoms with Crippen molar-refractivity contribution < 1.29 is 34.1 Å². The molecule has 0 radical (unpaired) electrons. The maximum atomic E-state index is 13.6. The van der Waals surface area contributed by atoms with Crippen LogP contribution in [0.15, 0.2) is 47.1 Å². The minimum absolute atomic E-state index is 0.0173. The molecule has 7 nitrogen and oxygen atoms in total. The second-order valence-electron chi connectivity index (χ2n) is 13.4. The van der Waals surface area contributed by atoms with Crippen molar-refractivity contribution in [2.45, 2.75) is 105 Å². The first-order valence-corrected chi connectivity index (χ1v) is 14.4. The first-order chi connectivity index (χ1) is 18.4. The van der Waals surface area contributed by atoms with E-state index in [9.17, 15) is 24.6 Å². The van der Waals surface area contributed by atoms with Crippen LogP contribution in [-0.4, -0.2) is 52.9 Å². The first kappa shape index (κ1) is 32.0. The molecule has 0 bridgehead atoms. The lowest BCUT2D eigenvalue weighted by Gasteiger charge is -2.61. The molecule has 0 unspecified atom stereocenters. The average molecular weight is 557 g/mol. The molecule has 3 aliphatic rings. The van der Waals surface area contributed by atoms with Crippen molar-refractivity contribution in [3.63, 3.8) is 0 Å². The predicted octanol–water partition coefficient (Wildman–Crippen LogP) is 5.98. The summed E-state index contributed by atoms with van der Waals surface area (Å²) in [6.07, 6.45) is 11.4. The highest BCUT2D eigenvalue weighted by atomic mass is 16.5. The molecule has 3 aliphatic carbocycles. The van der Waals surface area contributed by atoms with Gasteiger partial charge in [0.15, 0.2) is 5.78 Å². The normalized spacial score (nSPS) is 36.9. The number of Topliss-reactive ketones (excluding diaryl/α,β-unsaturated/α-hetero) is 1. The smallest absolute Gasteiger partial charge is 0.313 e. The van der Waals surface area contributed by atoms with Crippen molar-refractivity contribution in [1.82, 2.24) is 0 Å². The third-order valence-electron chi connectivity index (χ3n) is 10.1. The SMILES string of the molecule is CO[C@H](/C=C/C(C)(C)O)/C(C)=C/C=C/C(C)=C1\C(=O)C[C@H]2[C@@]3(C)CC[C@@H](OC(C)=O)[C@](C)(C(=O)O)[C@@H]3CC[C@]12C. The monoisotopic (exact) mass is 556 g/mol. The fraction of sp³-hybridized carbons (Fsp3) is 0.667. The fourth-order valence-corrected chi connectivity index (χ4v) is 8.18. The fourth-order valence-electron chi connectivity index (χ4n) is 8.18. The molecule has 0 spiro atoms. The van der Waals surface area contributed by atoms with Gasteiger partial charge in [-0.2, -0.15) is 0 Å². The number of ether oxygens (including phenoxy) is 2. The highest BCUT2D eigenvalue weighted by molar-refractivity contribution is 6.01. The van der Waals surface area contributed by atoms with Crippen LogP contribution in [0.3, 0.4) is 0 Å². The average Bonchev–Trinajstić information content (AvgIpc) is 3.11. The van der Waals surface area contributed by atoms with Crippen molar-refractivity contribution in [1.29, 1.82) is 0 Å². The Morgan fingerprint density at radius 2 is 1.73 bits per heavy atom. The van der Waals surface area contributed by atoms with Crippen molar-refractivity contribution in [3.8, 4) is 0 Å². The zero-order valence-corrected chi connectivity index (χ0v) is 25.7. The molecule has 0 aromatic carbocycles. The van der Waals surface area contributed by atoms with Gasteiger partial charge in [0.1, 0.15) is 11.5 Å². The van der Waals surface area contributed by atoms with Gasteiger partial charge < -0.3 is 19.7 Å². The summed E-state index contributed by atoms with van der Waals surface area (Å²) in [6, 6.07) is 0. The Hall–Kier alpha value is -2.51. The summed E-state index contributed by atoms with van der Waals surface area (Å²) in [7, 11) is 1.62. The van der Waals surface area contributed by atoms with Gasteiger partial charge in [0, 0.05) is 31.4 Å². The van der Waals surface area contributed by atoms with Crippen molar-refractivity contribution in [3.05, 3.63) is 47.1 Å². The second kappa shape index (κ2) is 11.4. The third kappa shape index (κ3) is 5.78. The van der Waals surface area contributed by atoms with E-state index in [0.29, 0.717) is 32.1 Å². The molecular weight excluding hydrogens is 508 g/mol. The van der Waals surface area contributed by atoms with E-state index in [1.807, 2.05) is 38.2 Å². The zero-order valence-electron chi connectivity index (χ0n) is 25.7. The van der Waals surface area contributed by atoms with Crippen LogP contribution < -0.4 is 0 Å². The number of hydrogen-bond donors (Lipinski definition) is 2. The molecule has 0 heterocycles. The van der Waals surface area contributed by atoms with Crippen LogP contribution in [0.5, 0.6) is 0 Å². The van der Waals surface area contributed by atoms with Crippen LogP contribution in [0.1, 0.15) is 87.5 Å². The molecule has 0 aromatic rings. The van der Waals surface area contributed by atoms with Crippen LogP contribution in [-0.2, 0) is 23.9 Å². The van der Waals surface area contributed by atoms with Crippen molar-refractivity contribution in [2.75, 3.05) is 7.11 Å². The molecular formula is C33H48O7. The molecule has 7 atom stereocenters. The second-order valence-corrected chi connectivity index (χ2v) is 13.4. The molecule has 3 saturated carbocycles. The number of ketones is 1. The number of allylic oxidation sites excluding steroid dienone is 5. The standard InChI is InChI=1S/C33H48O7/c1-20(24(39-9)13-16-30(4,5)38)11-10-12-21(2)28-23(35)19-26-31(6)18-15-27(40-22(3)34)33(8,29(36)37)25(31)14-17-32(26,28)7/h10-13,16,24-27,38H,14-15,17-19H2,1-9H3,(H,36,37)/b12-10+,16-13+,20-11+,28-21+/t24-,25-,26+,27-,31+,32+,33-/m1/s1. The minimum atomic E-state index is -1.20. The van der Waals surface area contributed by atoms with Gasteiger partial charge in [-0.25, -0.2) is 0 Å². The summed E-state index contributed by atoms with van der Waals surface area (Å²) in [4.78, 5) is 38.1. The summed E-state index contributed by atoms with van der Waals surface area (Å²) in [5.41, 5.74) is -0.115. The number of aliphatic hydroxyl groups is 1. The number of carboxylic acid groups (broad SMARTS) is 1. The Morgan fingerprint density at radius 1 is 1.07 bits per heavy atom. The molecule has 0 amide bonds. The van der Waals surface area contributed by atoms with E-state index in [0.717, 1.165) is 16.7 Å². The highest BCUT2D eigenvalue weighted by Crippen LogP contribution is 2.69. The van der Waals surface area contributed by atoms with Gasteiger partial charge in [0.25, 0.3) is 0 Å². The van der Waals surface area contributed by atoms with Gasteiger partial charge in [0.05, 0.1) is 11.7 Å². The molecule has 2 N–H and O–H groups in total. The number of carbonyl (C=O) groups is 3. The Balaban J connectivity index is 1.93. The Kier molecular flexibility index (Phi) is 9.12. The lowest BCUT2D eigenvalue weighted by molar-refractivity contribution is -0.204. The summed E-state index contributed by atoms with van der Waals surface area (Å²) < 4.78 is 11.1. The highest BCUT2D eigenvalue weighted by Gasteiger charge is 2.68. The van der Waals surface area contributed by atoms with E-state index in [1.54, 1.807) is 34.0 Å². The number of esters is 1. The molecule has 0 aliphatic heterocycles. The third-order valence-corrected chi connectivity index (χ3v) is 10.1. The lowest BCUT2D eigenvalue weighted by Crippen LogP contribution is -2.61. The summed E-state index contributed by atoms with van der Waals surface area (Å²) in [5, 5.41) is 20.4. The van der Waals surface area contributed by atoms with E-state index in [1.165, 1.54) is 6.92 Å². The number of rotatable bonds is 8. The minimum Gasteiger partial charge on any atom is -0.481 e. The van der Waals surface area contributed by atoms with Gasteiger partial charge in [-0.3, -0.25) is 14.4 Å². The van der Waals surface area contributed by atoms with Crippen LogP contribution in [0.4, 0.5) is 0 Å². The first-order valence-electron chi connectivity index (χ1n) is 14.4. The van der Waals surface area contributed by atoms with Crippen molar-refractivity contribution >= 4 is 17.7 Å². The quantitative estimate of drug-likeness (QED) is 0.164. The van der Waals surface area contributed by atoms with Gasteiger partial charge in [-0.05, 0) is 88.7 Å². The molecule has 0 saturated heterocycles. The molecule has 222 valence electrons. The largest absolute Gasteiger partial charge is 0.481 e. The van der Waals surface area contributed by atoms with Crippen LogP contribution in [0, 0.1) is 28.1 Å². The molecule has 3 fully saturated rings. The van der Waals surface area contributed by atoms with Crippen LogP contribution in [0.25, 0.3) is 0 Å². The van der Waals surface area contributed by atoms with E-state index < -0.39 is 29.1 Å². The van der Waals surface area contributed by atoms with Crippen LogP contribution >= 0.6 is 0 Å². The number of hydrogen-bond acceptors (Lipinski definition) is 6. The van der Waals surface area contributed by atoms with E-state index in [4.69, 9.17) is 9.47 Å². The number of methoxy groups -OCH3 is 1. The van der Waals surface area contributed by atoms with E-state index in [2.05, 4.69) is 13.8 Å². The number of fused-ring (bicyclic) bond motifs is 3. The number of carboxylic acids is 1. The maximum Gasteiger partial charge on any atom is 0.313 e. The van der Waals surface area contributed by atoms with Gasteiger partial charge >= 0.3 is 11.9 Å². The lowest BCUT2D eigenvalue weighted by atomic mass is 9.42. The van der Waals surface area contributed by atoms with Gasteiger partial charge in [-0.15, -0.1) is 0 Å². The predicted molar refractivity (Wildman–Crippen MR) is 154 cm³/mol. The summed E-state index contributed by atoms with van der Waals surface area (Å²) in [5.74, 6) is -1.45. The maximum absolute atomic E-state index is 13.6. The van der Waals surface area contributed by atoms with Crippen LogP contribution in [0.2, 0.25) is 0 Å². The summed E-state index contributed by atoms with van der Waals surface area (Å²) >= 11 is 0. The molecule has 0 aromatic heterocycles. The summed E-state index contributed by atoms with van der Waals surface area (Å²) in [6.45, 7) is 14.7. The van der Waals surface area contributed by atoms with Gasteiger partial charge in [0.2, 0.25) is 0 Å². The molecule has 7 heteroatoms. The molecule has 40 heavy (non-hydrogen) atoms. The van der Waals surface area contributed by atoms with Gasteiger partial charge in [-0.1, -0.05) is 44.2 Å². The number of carbonyl (C=O) groups excluding carboxylic acids is 2. The number of aliphatic carboxylic acids is 1. The van der Waals surface area contributed by atoms with E-state index >= 15 is 0 Å². The Labute approximate surface area is 239 Å². The van der Waals surface area contributed by atoms with Crippen molar-refractivity contribution in [2.24, 2.45) is 28.1 Å². The molecule has 3 rings (SSSR count). The Morgan fingerprint density at radius 3 is 2.27 bits per heavy atom. The topological polar surface area (TPSA) is 110 Å².